The molecule has 43 heavy (non-hydrogen) atoms. The highest BCUT2D eigenvalue weighted by atomic mass is 16.8. The number of carboxylic acids is 1. The fraction of sp³-hybridized carbons (Fsp3) is 0.552. The number of nitrogen functional groups attached to an aromatic ring is 1. The summed E-state index contributed by atoms with van der Waals surface area (Å²) >= 11 is 0. The van der Waals surface area contributed by atoms with Gasteiger partial charge in [-0.15, -0.1) is 0 Å². The number of benzene rings is 1. The number of carbonyl (C=O) groups excluding carboxylic acids is 2. The van der Waals surface area contributed by atoms with E-state index in [1.54, 1.807) is 0 Å². The number of fused-ring (bicyclic) bond motifs is 1. The van der Waals surface area contributed by atoms with E-state index in [-0.39, 0.29) is 17.3 Å². The van der Waals surface area contributed by atoms with Gasteiger partial charge in [-0.3, -0.25) is 10.1 Å². The minimum atomic E-state index is -1.11. The monoisotopic (exact) mass is 597 g/mol. The molecule has 3 amide bonds. The molecule has 14 nitrogen and oxygen atoms in total. The maximum absolute atomic E-state index is 13.6. The summed E-state index contributed by atoms with van der Waals surface area (Å²) in [6.45, 7) is 2.96. The van der Waals surface area contributed by atoms with Crippen LogP contribution in [0.1, 0.15) is 51.0 Å². The Morgan fingerprint density at radius 2 is 1.81 bits per heavy atom. The van der Waals surface area contributed by atoms with Crippen LogP contribution in [0.15, 0.2) is 36.7 Å². The zero-order chi connectivity index (χ0) is 30.3. The molecule has 3 aliphatic heterocycles. The van der Waals surface area contributed by atoms with E-state index in [9.17, 15) is 19.5 Å². The summed E-state index contributed by atoms with van der Waals surface area (Å²) in [5.74, 6) is -1.25. The summed E-state index contributed by atoms with van der Waals surface area (Å²) < 4.78 is 18.6. The van der Waals surface area contributed by atoms with Gasteiger partial charge >= 0.3 is 12.0 Å². The third kappa shape index (κ3) is 7.14. The van der Waals surface area contributed by atoms with Crippen LogP contribution in [0.4, 0.5) is 22.1 Å². The van der Waals surface area contributed by atoms with Gasteiger partial charge in [-0.05, 0) is 24.8 Å². The Hall–Kier alpha value is -4.01. The molecule has 6 N–H and O–H groups in total. The molecule has 5 rings (SSSR count). The molecule has 1 aromatic carbocycles. The maximum atomic E-state index is 13.6. The van der Waals surface area contributed by atoms with Crippen molar-refractivity contribution in [3.63, 3.8) is 0 Å². The van der Waals surface area contributed by atoms with Crippen molar-refractivity contribution >= 4 is 35.2 Å². The molecule has 4 heterocycles. The topological polar surface area (TPSA) is 190 Å². The van der Waals surface area contributed by atoms with Crippen molar-refractivity contribution in [1.29, 1.82) is 0 Å². The van der Waals surface area contributed by atoms with Crippen molar-refractivity contribution in [3.8, 4) is 0 Å². The lowest BCUT2D eigenvalue weighted by Gasteiger charge is -2.27. The number of nitrogens with one attached hydrogen (secondary N) is 3. The van der Waals surface area contributed by atoms with Gasteiger partial charge in [0, 0.05) is 19.5 Å². The van der Waals surface area contributed by atoms with E-state index in [2.05, 4.69) is 32.8 Å². The van der Waals surface area contributed by atoms with Crippen LogP contribution in [0, 0.1) is 0 Å². The van der Waals surface area contributed by atoms with Gasteiger partial charge in [-0.2, -0.15) is 0 Å². The van der Waals surface area contributed by atoms with Crippen LogP contribution < -0.4 is 21.7 Å². The molecule has 0 saturated carbocycles. The molecule has 14 heteroatoms. The molecule has 3 saturated heterocycles. The number of likely N-dealkylation sites (tertiary alicyclic amines) is 1. The van der Waals surface area contributed by atoms with Crippen molar-refractivity contribution in [2.75, 3.05) is 29.5 Å². The number of carboxylic acid groups (broad SMARTS) is 1. The summed E-state index contributed by atoms with van der Waals surface area (Å²) in [5, 5.41) is 18.2. The van der Waals surface area contributed by atoms with E-state index in [0.717, 1.165) is 31.2 Å². The molecule has 6 atom stereocenters. The molecule has 6 unspecified atom stereocenters. The van der Waals surface area contributed by atoms with Crippen LogP contribution in [0.2, 0.25) is 0 Å². The molecular formula is C29H39N7O7. The lowest BCUT2D eigenvalue weighted by molar-refractivity contribution is -0.163. The zero-order valence-electron chi connectivity index (χ0n) is 24.1. The van der Waals surface area contributed by atoms with Crippen LogP contribution in [0.3, 0.4) is 0 Å². The minimum absolute atomic E-state index is 0.0730. The number of nitrogens with zero attached hydrogens (tertiary/aromatic N) is 3. The number of aromatic nitrogens is 2. The van der Waals surface area contributed by atoms with Gasteiger partial charge < -0.3 is 40.6 Å². The maximum Gasteiger partial charge on any atom is 0.326 e. The first-order valence-corrected chi connectivity index (χ1v) is 14.8. The Morgan fingerprint density at radius 3 is 2.58 bits per heavy atom. The van der Waals surface area contributed by atoms with E-state index in [0.29, 0.717) is 32.4 Å². The summed E-state index contributed by atoms with van der Waals surface area (Å²) in [6.07, 6.45) is 2.54. The molecule has 3 fully saturated rings. The van der Waals surface area contributed by atoms with Crippen molar-refractivity contribution in [1.82, 2.24) is 20.2 Å². The van der Waals surface area contributed by atoms with Crippen LogP contribution >= 0.6 is 0 Å². The summed E-state index contributed by atoms with van der Waals surface area (Å²) in [5.41, 5.74) is 7.38. The number of hydrogen-bond acceptors (Lipinski definition) is 10. The molecule has 0 radical (unpaired) electrons. The van der Waals surface area contributed by atoms with E-state index >= 15 is 0 Å². The molecule has 0 spiro atoms. The van der Waals surface area contributed by atoms with E-state index in [1.807, 2.05) is 30.3 Å². The van der Waals surface area contributed by atoms with E-state index < -0.39 is 54.8 Å². The number of hydrogen-bond donors (Lipinski definition) is 5. The fourth-order valence-electron chi connectivity index (χ4n) is 5.66. The number of anilines is 3. The molecule has 3 aliphatic rings. The van der Waals surface area contributed by atoms with Gasteiger partial charge in [0.15, 0.2) is 30.3 Å². The Bertz CT molecular complexity index is 1280. The number of urea groups is 1. The van der Waals surface area contributed by atoms with Gasteiger partial charge in [0.05, 0.1) is 0 Å². The number of rotatable bonds is 12. The highest BCUT2D eigenvalue weighted by molar-refractivity contribution is 5.93. The van der Waals surface area contributed by atoms with Gasteiger partial charge in [-0.1, -0.05) is 56.5 Å². The van der Waals surface area contributed by atoms with Crippen molar-refractivity contribution < 1.29 is 33.7 Å². The van der Waals surface area contributed by atoms with Crippen LogP contribution in [-0.4, -0.2) is 87.8 Å². The van der Waals surface area contributed by atoms with E-state index in [1.165, 1.54) is 11.2 Å². The quantitative estimate of drug-likeness (QED) is 0.226. The molecule has 0 aliphatic carbocycles. The second-order valence-corrected chi connectivity index (χ2v) is 10.9. The van der Waals surface area contributed by atoms with Gasteiger partial charge in [0.1, 0.15) is 30.3 Å². The Kier molecular flexibility index (Phi) is 9.89. The smallest absolute Gasteiger partial charge is 0.326 e. The number of amides is 3. The zero-order valence-corrected chi connectivity index (χ0v) is 24.1. The molecule has 0 bridgehead atoms. The predicted octanol–water partition coefficient (Wildman–Crippen LogP) is 2.33. The first-order chi connectivity index (χ1) is 20.9. The van der Waals surface area contributed by atoms with Crippen LogP contribution in [-0.2, 0) is 30.2 Å². The summed E-state index contributed by atoms with van der Waals surface area (Å²) in [6, 6.07) is 8.29. The molecule has 1 aromatic heterocycles. The number of nitrogens with two attached hydrogens (primary N) is 1. The van der Waals surface area contributed by atoms with Crippen molar-refractivity contribution in [2.45, 2.75) is 88.7 Å². The average Bonchev–Trinajstić information content (AvgIpc) is 3.72. The van der Waals surface area contributed by atoms with Crippen molar-refractivity contribution in [3.05, 3.63) is 42.2 Å². The van der Waals surface area contributed by atoms with Crippen molar-refractivity contribution in [2.24, 2.45) is 0 Å². The number of carbonyl (C=O) groups is 3. The van der Waals surface area contributed by atoms with Crippen LogP contribution in [0.25, 0.3) is 0 Å². The first kappa shape index (κ1) is 30.4. The lowest BCUT2D eigenvalue weighted by Crippen LogP contribution is -2.49. The Morgan fingerprint density at radius 1 is 1.05 bits per heavy atom. The number of unbranched alkanes of at least 4 members (excludes halogenated alkanes) is 3. The number of aliphatic carboxylic acids is 1. The number of ether oxygens (including phenoxy) is 3. The molecular weight excluding hydrogens is 558 g/mol. The average molecular weight is 598 g/mol. The Labute approximate surface area is 249 Å². The molecule has 232 valence electrons. The molecule has 2 aromatic rings. The third-order valence-electron chi connectivity index (χ3n) is 7.85. The highest BCUT2D eigenvalue weighted by Crippen LogP contribution is 2.38. The second-order valence-electron chi connectivity index (χ2n) is 10.9. The third-order valence-corrected chi connectivity index (χ3v) is 7.85. The lowest BCUT2D eigenvalue weighted by atomic mass is 10.1. The van der Waals surface area contributed by atoms with Crippen LogP contribution in [0.5, 0.6) is 0 Å². The normalized spacial score (nSPS) is 26.2. The standard InChI is InChI=1S/C29H39N7O7/c1-2-3-4-8-13-31-29(40)35-25-20(30)24(32-16-33-25)34-26-22-21(41-19(42-22)15-17-10-6-5-7-11-17)23(43-26)27(37)36-14-9-12-18(36)28(38)39/h5-7,10-11,16,18-19,21-23,26H,2-4,8-9,12-15,30H2,1H3,(H,38,39)(H3,31,32,33,34,35,40). The summed E-state index contributed by atoms with van der Waals surface area (Å²) in [7, 11) is 0. The largest absolute Gasteiger partial charge is 0.480 e. The predicted molar refractivity (Wildman–Crippen MR) is 156 cm³/mol. The summed E-state index contributed by atoms with van der Waals surface area (Å²) in [4.78, 5) is 47.5. The first-order valence-electron chi connectivity index (χ1n) is 14.8. The Balaban J connectivity index is 1.30. The van der Waals surface area contributed by atoms with Gasteiger partial charge in [0.2, 0.25) is 0 Å². The van der Waals surface area contributed by atoms with Gasteiger partial charge in [0.25, 0.3) is 5.91 Å². The highest BCUT2D eigenvalue weighted by Gasteiger charge is 2.57. The second kappa shape index (κ2) is 14.0. The fourth-order valence-corrected chi connectivity index (χ4v) is 5.66. The SMILES string of the molecule is CCCCCCNC(=O)Nc1ncnc(NC2OC(C(=O)N3CCCC3C(=O)O)C3OC(Cc4ccccc4)OC23)c1N. The minimum Gasteiger partial charge on any atom is -0.480 e. The van der Waals surface area contributed by atoms with E-state index in [4.69, 9.17) is 19.9 Å². The van der Waals surface area contributed by atoms with Gasteiger partial charge in [-0.25, -0.2) is 19.6 Å².